The lowest BCUT2D eigenvalue weighted by Crippen LogP contribution is -2.45. The molecule has 1 atom stereocenters. The highest BCUT2D eigenvalue weighted by atomic mass is 35.5. The van der Waals surface area contributed by atoms with Crippen molar-refractivity contribution in [3.8, 4) is 0 Å². The lowest BCUT2D eigenvalue weighted by molar-refractivity contribution is -0.116. The zero-order valence-corrected chi connectivity index (χ0v) is 15.3. The maximum atomic E-state index is 12.0. The van der Waals surface area contributed by atoms with Crippen LogP contribution in [0.3, 0.4) is 0 Å². The van der Waals surface area contributed by atoms with E-state index in [1.165, 1.54) is 18.6 Å². The number of nitrogens with two attached hydrogens (primary N) is 1. The molecule has 0 aromatic heterocycles. The van der Waals surface area contributed by atoms with E-state index in [1.807, 2.05) is 7.05 Å². The molecule has 1 aromatic rings. The Morgan fingerprint density at radius 3 is 2.83 bits per heavy atom. The molecule has 9 heteroatoms. The Morgan fingerprint density at radius 2 is 2.17 bits per heavy atom. The zero-order chi connectivity index (χ0) is 16.9. The summed E-state index contributed by atoms with van der Waals surface area (Å²) in [4.78, 5) is 14.3. The topological polar surface area (TPSA) is 105 Å². The van der Waals surface area contributed by atoms with E-state index < -0.39 is 10.0 Å². The molecule has 1 aliphatic rings. The van der Waals surface area contributed by atoms with Gasteiger partial charge in [0.15, 0.2) is 0 Å². The fraction of sp³-hybridized carbons (Fsp3) is 0.533. The predicted molar refractivity (Wildman–Crippen MR) is 96.8 cm³/mol. The monoisotopic (exact) mass is 376 g/mol. The smallest absolute Gasteiger partial charge is 0.238 e. The number of halogens is 1. The Kier molecular flexibility index (Phi) is 8.11. The summed E-state index contributed by atoms with van der Waals surface area (Å²) in [5, 5.41) is 11.1. The van der Waals surface area contributed by atoms with Crippen LogP contribution in [0.15, 0.2) is 29.2 Å². The van der Waals surface area contributed by atoms with Gasteiger partial charge >= 0.3 is 0 Å². The molecule has 1 saturated heterocycles. The van der Waals surface area contributed by atoms with Gasteiger partial charge < -0.3 is 15.5 Å². The number of primary sulfonamides is 1. The van der Waals surface area contributed by atoms with Crippen molar-refractivity contribution in [2.24, 2.45) is 5.14 Å². The van der Waals surface area contributed by atoms with E-state index in [1.54, 1.807) is 12.1 Å². The molecule has 2 rings (SSSR count). The van der Waals surface area contributed by atoms with Crippen molar-refractivity contribution in [3.05, 3.63) is 24.3 Å². The van der Waals surface area contributed by atoms with Crippen LogP contribution >= 0.6 is 12.4 Å². The molecular formula is C15H25ClN4O3S. The maximum absolute atomic E-state index is 12.0. The Labute approximate surface area is 149 Å². The van der Waals surface area contributed by atoms with Gasteiger partial charge in [-0.25, -0.2) is 13.6 Å². The number of amides is 1. The highest BCUT2D eigenvalue weighted by molar-refractivity contribution is 7.89. The Bertz CT molecular complexity index is 654. The lowest BCUT2D eigenvalue weighted by atomic mass is 10.1. The number of hydrogen-bond acceptors (Lipinski definition) is 5. The van der Waals surface area contributed by atoms with Crippen molar-refractivity contribution in [1.29, 1.82) is 0 Å². The number of piperidine rings is 1. The van der Waals surface area contributed by atoms with E-state index in [0.29, 0.717) is 24.7 Å². The van der Waals surface area contributed by atoms with Crippen molar-refractivity contribution in [1.82, 2.24) is 10.2 Å². The zero-order valence-electron chi connectivity index (χ0n) is 13.7. The maximum Gasteiger partial charge on any atom is 0.238 e. The van der Waals surface area contributed by atoms with Crippen molar-refractivity contribution < 1.29 is 13.2 Å². The average molecular weight is 377 g/mol. The van der Waals surface area contributed by atoms with Crippen molar-refractivity contribution in [3.63, 3.8) is 0 Å². The number of anilines is 1. The standard InChI is InChI=1S/C15H24N4O3S.ClH/c1-17-13-5-3-8-19(11-13)9-7-15(20)18-12-4-2-6-14(10-12)23(16,21)22;/h2,4,6,10,13,17H,3,5,7-9,11H2,1H3,(H,18,20)(H2,16,21,22);1H. The number of benzene rings is 1. The number of likely N-dealkylation sites (N-methyl/N-ethyl adjacent to an activating group) is 1. The van der Waals surface area contributed by atoms with E-state index in [4.69, 9.17) is 5.14 Å². The number of likely N-dealkylation sites (tertiary alicyclic amines) is 1. The third-order valence-corrected chi connectivity index (χ3v) is 4.93. The number of hydrogen-bond donors (Lipinski definition) is 3. The highest BCUT2D eigenvalue weighted by Crippen LogP contribution is 2.15. The van der Waals surface area contributed by atoms with Gasteiger partial charge in [0.25, 0.3) is 0 Å². The summed E-state index contributed by atoms with van der Waals surface area (Å²) in [7, 11) is -1.81. The van der Waals surface area contributed by atoms with Gasteiger partial charge in [0.2, 0.25) is 15.9 Å². The summed E-state index contributed by atoms with van der Waals surface area (Å²) in [6.45, 7) is 2.65. The molecule has 136 valence electrons. The van der Waals surface area contributed by atoms with Crippen LogP contribution in [0.5, 0.6) is 0 Å². The van der Waals surface area contributed by atoms with Gasteiger partial charge in [-0.05, 0) is 44.6 Å². The fourth-order valence-corrected chi connectivity index (χ4v) is 3.29. The lowest BCUT2D eigenvalue weighted by Gasteiger charge is -2.32. The van der Waals surface area contributed by atoms with E-state index in [9.17, 15) is 13.2 Å². The van der Waals surface area contributed by atoms with Crippen LogP contribution < -0.4 is 15.8 Å². The third-order valence-electron chi connectivity index (χ3n) is 4.02. The van der Waals surface area contributed by atoms with Crippen LogP contribution in [-0.4, -0.2) is 51.9 Å². The predicted octanol–water partition coefficient (Wildman–Crippen LogP) is 0.768. The van der Waals surface area contributed by atoms with E-state index in [0.717, 1.165) is 19.5 Å². The van der Waals surface area contributed by atoms with Crippen LogP contribution in [0.2, 0.25) is 0 Å². The van der Waals surface area contributed by atoms with Gasteiger partial charge in [0, 0.05) is 31.2 Å². The number of rotatable bonds is 6. The molecule has 0 spiro atoms. The number of carbonyl (C=O) groups is 1. The van der Waals surface area contributed by atoms with E-state index in [2.05, 4.69) is 15.5 Å². The quantitative estimate of drug-likeness (QED) is 0.680. The Hall–Kier alpha value is -1.19. The molecule has 0 saturated carbocycles. The van der Waals surface area contributed by atoms with Gasteiger partial charge in [-0.2, -0.15) is 0 Å². The molecule has 1 unspecified atom stereocenters. The van der Waals surface area contributed by atoms with Gasteiger partial charge in [-0.1, -0.05) is 6.07 Å². The molecule has 0 bridgehead atoms. The van der Waals surface area contributed by atoms with Crippen molar-refractivity contribution in [2.45, 2.75) is 30.2 Å². The van der Waals surface area contributed by atoms with Crippen molar-refractivity contribution in [2.75, 3.05) is 32.0 Å². The molecule has 7 nitrogen and oxygen atoms in total. The first-order valence-electron chi connectivity index (χ1n) is 7.71. The number of sulfonamides is 1. The Balaban J connectivity index is 0.00000288. The van der Waals surface area contributed by atoms with Crippen molar-refractivity contribution >= 4 is 34.0 Å². The molecular weight excluding hydrogens is 352 g/mol. The molecule has 1 aliphatic heterocycles. The SMILES string of the molecule is CNC1CCCN(CCC(=O)Nc2cccc(S(N)(=O)=O)c2)C1.Cl. The minimum absolute atomic E-state index is 0. The van der Waals surface area contributed by atoms with Gasteiger partial charge in [0.05, 0.1) is 4.90 Å². The molecule has 1 aromatic carbocycles. The second-order valence-corrected chi connectivity index (χ2v) is 7.36. The van der Waals surface area contributed by atoms with Crippen LogP contribution in [0.4, 0.5) is 5.69 Å². The summed E-state index contributed by atoms with van der Waals surface area (Å²) in [5.41, 5.74) is 0.438. The fourth-order valence-electron chi connectivity index (χ4n) is 2.73. The molecule has 24 heavy (non-hydrogen) atoms. The van der Waals surface area contributed by atoms with Gasteiger partial charge in [0.1, 0.15) is 0 Å². The molecule has 0 aliphatic carbocycles. The average Bonchev–Trinajstić information content (AvgIpc) is 2.52. The van der Waals surface area contributed by atoms with Crippen LogP contribution in [0.1, 0.15) is 19.3 Å². The number of carbonyl (C=O) groups excluding carboxylic acids is 1. The first-order valence-corrected chi connectivity index (χ1v) is 9.25. The molecule has 0 radical (unpaired) electrons. The summed E-state index contributed by atoms with van der Waals surface area (Å²) in [5.74, 6) is -0.136. The first-order chi connectivity index (χ1) is 10.9. The van der Waals surface area contributed by atoms with Gasteiger partial charge in [-0.3, -0.25) is 4.79 Å². The number of nitrogens with zero attached hydrogens (tertiary/aromatic N) is 1. The molecule has 1 fully saturated rings. The van der Waals surface area contributed by atoms with Crippen LogP contribution in [0.25, 0.3) is 0 Å². The van der Waals surface area contributed by atoms with E-state index in [-0.39, 0.29) is 23.2 Å². The summed E-state index contributed by atoms with van der Waals surface area (Å²) >= 11 is 0. The largest absolute Gasteiger partial charge is 0.326 e. The minimum Gasteiger partial charge on any atom is -0.326 e. The molecule has 1 amide bonds. The number of nitrogens with one attached hydrogen (secondary N) is 2. The molecule has 4 N–H and O–H groups in total. The Morgan fingerprint density at radius 1 is 1.42 bits per heavy atom. The third kappa shape index (κ3) is 6.37. The molecule has 1 heterocycles. The normalized spacial score (nSPS) is 18.7. The van der Waals surface area contributed by atoms with E-state index >= 15 is 0 Å². The second kappa shape index (κ2) is 9.33. The summed E-state index contributed by atoms with van der Waals surface area (Å²) < 4.78 is 22.6. The summed E-state index contributed by atoms with van der Waals surface area (Å²) in [6, 6.07) is 6.45. The minimum atomic E-state index is -3.77. The van der Waals surface area contributed by atoms with Gasteiger partial charge in [-0.15, -0.1) is 12.4 Å². The van der Waals surface area contributed by atoms with Crippen LogP contribution in [-0.2, 0) is 14.8 Å². The van der Waals surface area contributed by atoms with Crippen LogP contribution in [0, 0.1) is 0 Å². The first kappa shape index (κ1) is 20.9. The summed E-state index contributed by atoms with van der Waals surface area (Å²) in [6.07, 6.45) is 2.67. The second-order valence-electron chi connectivity index (χ2n) is 5.80. The highest BCUT2D eigenvalue weighted by Gasteiger charge is 2.18.